The summed E-state index contributed by atoms with van der Waals surface area (Å²) < 4.78 is 0. The number of carboxylic acid groups (broad SMARTS) is 1. The monoisotopic (exact) mass is 224 g/mol. The van der Waals surface area contributed by atoms with Crippen molar-refractivity contribution in [2.45, 2.75) is 6.92 Å². The second-order valence-electron chi connectivity index (χ2n) is 3.34. The van der Waals surface area contributed by atoms with E-state index < -0.39 is 17.8 Å². The second kappa shape index (κ2) is 5.11. The fraction of sp³-hybridized carbons (Fsp3) is 0.300. The average molecular weight is 224 g/mol. The van der Waals surface area contributed by atoms with Gasteiger partial charge in [-0.15, -0.1) is 0 Å². The van der Waals surface area contributed by atoms with Crippen LogP contribution in [0, 0.1) is 5.92 Å². The normalized spacial score (nSPS) is 11.8. The number of amides is 1. The van der Waals surface area contributed by atoms with E-state index in [2.05, 4.69) is 10.3 Å². The Morgan fingerprint density at radius 1 is 1.56 bits per heavy atom. The van der Waals surface area contributed by atoms with Gasteiger partial charge in [0, 0.05) is 12.7 Å². The van der Waals surface area contributed by atoms with Crippen molar-refractivity contribution in [3.63, 3.8) is 0 Å². The van der Waals surface area contributed by atoms with Crippen LogP contribution in [0.25, 0.3) is 0 Å². The van der Waals surface area contributed by atoms with E-state index in [1.807, 2.05) is 0 Å². The van der Waals surface area contributed by atoms with E-state index in [1.54, 1.807) is 0 Å². The lowest BCUT2D eigenvalue weighted by atomic mass is 10.1. The molecule has 0 aromatic carbocycles. The summed E-state index contributed by atoms with van der Waals surface area (Å²) in [6, 6.07) is 1.36. The molecule has 0 bridgehead atoms. The van der Waals surface area contributed by atoms with Crippen LogP contribution < -0.4 is 5.32 Å². The summed E-state index contributed by atoms with van der Waals surface area (Å²) in [6.45, 7) is 1.49. The Kier molecular flexibility index (Phi) is 3.82. The summed E-state index contributed by atoms with van der Waals surface area (Å²) in [6.07, 6.45) is 2.52. The fourth-order valence-electron chi connectivity index (χ4n) is 1.01. The number of aliphatic carboxylic acids is 1. The number of nitrogens with zero attached hydrogens (tertiary/aromatic N) is 1. The summed E-state index contributed by atoms with van der Waals surface area (Å²) in [4.78, 5) is 25.6. The van der Waals surface area contributed by atoms with E-state index in [4.69, 9.17) is 5.11 Å². The zero-order chi connectivity index (χ0) is 12.1. The molecular weight excluding hydrogens is 212 g/mol. The average Bonchev–Trinajstić information content (AvgIpc) is 2.25. The van der Waals surface area contributed by atoms with Crippen molar-refractivity contribution in [3.05, 3.63) is 24.0 Å². The van der Waals surface area contributed by atoms with Gasteiger partial charge in [-0.25, -0.2) is 0 Å². The standard InChI is InChI=1S/C10H12N2O4/c1-6(10(15)16)4-12-9(14)7-2-3-11-5-8(7)13/h2-3,5-6,13H,4H2,1H3,(H,12,14)(H,15,16). The van der Waals surface area contributed by atoms with Crippen LogP contribution in [0.5, 0.6) is 5.75 Å². The Bertz CT molecular complexity index is 406. The summed E-state index contributed by atoms with van der Waals surface area (Å²) in [5, 5.41) is 20.3. The molecule has 3 N–H and O–H groups in total. The molecule has 0 radical (unpaired) electrons. The maximum atomic E-state index is 11.5. The highest BCUT2D eigenvalue weighted by Gasteiger charge is 2.14. The number of rotatable bonds is 4. The SMILES string of the molecule is CC(CNC(=O)c1ccncc1O)C(=O)O. The fourth-order valence-corrected chi connectivity index (χ4v) is 1.01. The molecule has 1 aromatic rings. The molecular formula is C10H12N2O4. The van der Waals surface area contributed by atoms with E-state index in [9.17, 15) is 14.7 Å². The van der Waals surface area contributed by atoms with Crippen molar-refractivity contribution >= 4 is 11.9 Å². The van der Waals surface area contributed by atoms with Gasteiger partial charge in [0.15, 0.2) is 0 Å². The van der Waals surface area contributed by atoms with Crippen molar-refractivity contribution in [2.75, 3.05) is 6.54 Å². The van der Waals surface area contributed by atoms with Crippen LogP contribution in [0.2, 0.25) is 0 Å². The molecule has 1 aromatic heterocycles. The van der Waals surface area contributed by atoms with Gasteiger partial charge in [0.05, 0.1) is 17.7 Å². The van der Waals surface area contributed by atoms with Crippen LogP contribution in [0.15, 0.2) is 18.5 Å². The first-order valence-corrected chi connectivity index (χ1v) is 4.66. The molecule has 1 heterocycles. The lowest BCUT2D eigenvalue weighted by molar-refractivity contribution is -0.140. The maximum Gasteiger partial charge on any atom is 0.308 e. The van der Waals surface area contributed by atoms with Crippen LogP contribution in [-0.4, -0.2) is 33.6 Å². The minimum absolute atomic E-state index is 0.00985. The molecule has 1 rings (SSSR count). The minimum atomic E-state index is -0.987. The Morgan fingerprint density at radius 3 is 2.81 bits per heavy atom. The molecule has 6 heteroatoms. The predicted octanol–water partition coefficient (Wildman–Crippen LogP) is 0.238. The lowest BCUT2D eigenvalue weighted by Crippen LogP contribution is -2.31. The van der Waals surface area contributed by atoms with Gasteiger partial charge in [-0.1, -0.05) is 6.92 Å². The van der Waals surface area contributed by atoms with E-state index in [0.29, 0.717) is 0 Å². The number of pyridine rings is 1. The molecule has 0 saturated carbocycles. The Labute approximate surface area is 91.9 Å². The Balaban J connectivity index is 2.60. The third kappa shape index (κ3) is 2.94. The van der Waals surface area contributed by atoms with Crippen LogP contribution in [0.1, 0.15) is 17.3 Å². The van der Waals surface area contributed by atoms with Gasteiger partial charge in [-0.3, -0.25) is 14.6 Å². The first-order valence-electron chi connectivity index (χ1n) is 4.66. The molecule has 0 spiro atoms. The third-order valence-electron chi connectivity index (χ3n) is 2.04. The van der Waals surface area contributed by atoms with Crippen molar-refractivity contribution in [1.29, 1.82) is 0 Å². The zero-order valence-corrected chi connectivity index (χ0v) is 8.67. The van der Waals surface area contributed by atoms with E-state index >= 15 is 0 Å². The van der Waals surface area contributed by atoms with Crippen molar-refractivity contribution in [3.8, 4) is 5.75 Å². The third-order valence-corrected chi connectivity index (χ3v) is 2.04. The van der Waals surface area contributed by atoms with Gasteiger partial charge in [0.1, 0.15) is 5.75 Å². The number of hydrogen-bond acceptors (Lipinski definition) is 4. The van der Waals surface area contributed by atoms with Gasteiger partial charge in [-0.2, -0.15) is 0 Å². The first kappa shape index (κ1) is 12.0. The summed E-state index contributed by atoms with van der Waals surface area (Å²) in [5.41, 5.74) is 0.0765. The summed E-state index contributed by atoms with van der Waals surface area (Å²) >= 11 is 0. The number of carbonyl (C=O) groups excluding carboxylic acids is 1. The van der Waals surface area contributed by atoms with Crippen LogP contribution in [-0.2, 0) is 4.79 Å². The topological polar surface area (TPSA) is 99.5 Å². The molecule has 6 nitrogen and oxygen atoms in total. The van der Waals surface area contributed by atoms with Crippen molar-refractivity contribution < 1.29 is 19.8 Å². The van der Waals surface area contributed by atoms with Gasteiger partial charge < -0.3 is 15.5 Å². The zero-order valence-electron chi connectivity index (χ0n) is 8.67. The number of aromatic hydroxyl groups is 1. The highest BCUT2D eigenvalue weighted by atomic mass is 16.4. The van der Waals surface area contributed by atoms with E-state index in [-0.39, 0.29) is 17.9 Å². The van der Waals surface area contributed by atoms with Crippen molar-refractivity contribution in [2.24, 2.45) is 5.92 Å². The van der Waals surface area contributed by atoms with Gasteiger partial charge in [0.2, 0.25) is 0 Å². The molecule has 0 fully saturated rings. The van der Waals surface area contributed by atoms with Crippen LogP contribution >= 0.6 is 0 Å². The number of nitrogens with one attached hydrogen (secondary N) is 1. The second-order valence-corrected chi connectivity index (χ2v) is 3.34. The molecule has 0 saturated heterocycles. The number of aromatic nitrogens is 1. The number of carboxylic acids is 1. The van der Waals surface area contributed by atoms with E-state index in [0.717, 1.165) is 6.20 Å². The molecule has 0 aliphatic carbocycles. The summed E-state index contributed by atoms with van der Waals surface area (Å²) in [5.74, 6) is -2.41. The van der Waals surface area contributed by atoms with Gasteiger partial charge in [-0.05, 0) is 6.07 Å². The van der Waals surface area contributed by atoms with E-state index in [1.165, 1.54) is 19.2 Å². The first-order chi connectivity index (χ1) is 7.52. The van der Waals surface area contributed by atoms with Crippen LogP contribution in [0.4, 0.5) is 0 Å². The maximum absolute atomic E-state index is 11.5. The highest BCUT2D eigenvalue weighted by molar-refractivity contribution is 5.96. The Hall–Kier alpha value is -2.11. The molecule has 0 aliphatic heterocycles. The molecule has 0 aliphatic rings. The number of carbonyl (C=O) groups is 2. The molecule has 86 valence electrons. The quantitative estimate of drug-likeness (QED) is 0.680. The molecule has 1 unspecified atom stereocenters. The molecule has 16 heavy (non-hydrogen) atoms. The predicted molar refractivity (Wildman–Crippen MR) is 55.0 cm³/mol. The van der Waals surface area contributed by atoms with Crippen LogP contribution in [0.3, 0.4) is 0 Å². The van der Waals surface area contributed by atoms with Gasteiger partial charge >= 0.3 is 5.97 Å². The largest absolute Gasteiger partial charge is 0.505 e. The Morgan fingerprint density at radius 2 is 2.25 bits per heavy atom. The number of hydrogen-bond donors (Lipinski definition) is 3. The lowest BCUT2D eigenvalue weighted by Gasteiger charge is -2.08. The highest BCUT2D eigenvalue weighted by Crippen LogP contribution is 2.13. The minimum Gasteiger partial charge on any atom is -0.505 e. The molecule has 1 atom stereocenters. The summed E-state index contributed by atoms with van der Waals surface area (Å²) in [7, 11) is 0. The van der Waals surface area contributed by atoms with Crippen molar-refractivity contribution in [1.82, 2.24) is 10.3 Å². The smallest absolute Gasteiger partial charge is 0.308 e. The van der Waals surface area contributed by atoms with Gasteiger partial charge in [0.25, 0.3) is 5.91 Å². The molecule has 1 amide bonds.